The van der Waals surface area contributed by atoms with Crippen molar-refractivity contribution in [3.05, 3.63) is 35.4 Å². The minimum atomic E-state index is -0.772. The Labute approximate surface area is 112 Å². The van der Waals surface area contributed by atoms with Crippen molar-refractivity contribution in [3.8, 4) is 6.07 Å². The monoisotopic (exact) mass is 256 g/mol. The minimum Gasteiger partial charge on any atom is -0.465 e. The van der Waals surface area contributed by atoms with Crippen molar-refractivity contribution < 1.29 is 9.90 Å². The van der Waals surface area contributed by atoms with Gasteiger partial charge in [-0.05, 0) is 49.3 Å². The van der Waals surface area contributed by atoms with Crippen LogP contribution in [0.3, 0.4) is 0 Å². The van der Waals surface area contributed by atoms with E-state index >= 15 is 0 Å². The highest BCUT2D eigenvalue weighted by Crippen LogP contribution is 2.42. The van der Waals surface area contributed by atoms with Gasteiger partial charge in [0.2, 0.25) is 0 Å². The van der Waals surface area contributed by atoms with Gasteiger partial charge < -0.3 is 10.0 Å². The number of nitrogens with zero attached hydrogens (tertiary/aromatic N) is 2. The van der Waals surface area contributed by atoms with Gasteiger partial charge in [0, 0.05) is 12.1 Å². The third-order valence-corrected chi connectivity index (χ3v) is 4.47. The number of nitriles is 1. The van der Waals surface area contributed by atoms with E-state index in [1.165, 1.54) is 5.56 Å². The first-order valence-corrected chi connectivity index (χ1v) is 6.70. The second-order valence-corrected chi connectivity index (χ2v) is 5.48. The van der Waals surface area contributed by atoms with Crippen LogP contribution in [0, 0.1) is 11.3 Å². The molecular weight excluding hydrogens is 240 g/mol. The largest absolute Gasteiger partial charge is 0.465 e. The predicted molar refractivity (Wildman–Crippen MR) is 69.8 cm³/mol. The van der Waals surface area contributed by atoms with Gasteiger partial charge in [-0.25, -0.2) is 4.79 Å². The Hall–Kier alpha value is -2.02. The Kier molecular flexibility index (Phi) is 2.90. The van der Waals surface area contributed by atoms with Gasteiger partial charge in [0.05, 0.1) is 11.6 Å². The molecule has 2 aliphatic rings. The summed E-state index contributed by atoms with van der Waals surface area (Å²) < 4.78 is 0. The molecule has 0 aromatic heterocycles. The van der Waals surface area contributed by atoms with E-state index in [0.717, 1.165) is 25.7 Å². The molecular formula is C15H16N2O2. The van der Waals surface area contributed by atoms with Crippen LogP contribution in [0.1, 0.15) is 42.7 Å². The number of benzene rings is 1. The summed E-state index contributed by atoms with van der Waals surface area (Å²) in [7, 11) is 0. The fourth-order valence-electron chi connectivity index (χ4n) is 3.59. The molecule has 4 nitrogen and oxygen atoms in total. The van der Waals surface area contributed by atoms with Crippen LogP contribution in [-0.4, -0.2) is 28.2 Å². The van der Waals surface area contributed by atoms with Crippen LogP contribution >= 0.6 is 0 Å². The minimum absolute atomic E-state index is 0.178. The second-order valence-electron chi connectivity index (χ2n) is 5.48. The number of amides is 1. The number of carboxylic acid groups (broad SMARTS) is 1. The molecule has 98 valence electrons. The molecule has 4 heteroatoms. The maximum Gasteiger partial charge on any atom is 0.407 e. The second kappa shape index (κ2) is 4.58. The van der Waals surface area contributed by atoms with Crippen molar-refractivity contribution in [2.45, 2.75) is 43.7 Å². The van der Waals surface area contributed by atoms with E-state index in [1.54, 1.807) is 4.90 Å². The highest BCUT2D eigenvalue weighted by molar-refractivity contribution is 5.66. The first kappa shape index (κ1) is 12.0. The molecule has 19 heavy (non-hydrogen) atoms. The van der Waals surface area contributed by atoms with Gasteiger partial charge in [-0.2, -0.15) is 5.26 Å². The van der Waals surface area contributed by atoms with Crippen LogP contribution in [0.2, 0.25) is 0 Å². The van der Waals surface area contributed by atoms with E-state index in [4.69, 9.17) is 5.26 Å². The lowest BCUT2D eigenvalue weighted by Gasteiger charge is -2.37. The van der Waals surface area contributed by atoms with Crippen molar-refractivity contribution in [1.29, 1.82) is 5.26 Å². The molecule has 0 aliphatic carbocycles. The quantitative estimate of drug-likeness (QED) is 0.840. The summed E-state index contributed by atoms with van der Waals surface area (Å²) in [6.07, 6.45) is 3.03. The van der Waals surface area contributed by atoms with Crippen molar-refractivity contribution >= 4 is 6.09 Å². The number of fused-ring (bicyclic) bond motifs is 2. The lowest BCUT2D eigenvalue weighted by Crippen LogP contribution is -2.45. The summed E-state index contributed by atoms with van der Waals surface area (Å²) >= 11 is 0. The van der Waals surface area contributed by atoms with Crippen molar-refractivity contribution in [3.63, 3.8) is 0 Å². The predicted octanol–water partition coefficient (Wildman–Crippen LogP) is 2.95. The normalized spacial score (nSPS) is 29.0. The van der Waals surface area contributed by atoms with Gasteiger partial charge in [0.1, 0.15) is 0 Å². The summed E-state index contributed by atoms with van der Waals surface area (Å²) in [5.74, 6) is 0.431. The summed E-state index contributed by atoms with van der Waals surface area (Å²) in [5, 5.41) is 18.0. The Morgan fingerprint density at radius 2 is 1.79 bits per heavy atom. The third-order valence-electron chi connectivity index (χ3n) is 4.47. The molecule has 3 atom stereocenters. The number of piperidine rings is 1. The molecule has 3 rings (SSSR count). The maximum absolute atomic E-state index is 11.2. The first-order chi connectivity index (χ1) is 9.19. The molecule has 1 aromatic carbocycles. The molecule has 1 N–H and O–H groups in total. The SMILES string of the molecule is N#Cc1ccc(C2C[C@H]3CC[C@@H](C2)N3C(=O)O)cc1. The molecule has 2 bridgehead atoms. The molecule has 2 saturated heterocycles. The number of hydrogen-bond acceptors (Lipinski definition) is 2. The van der Waals surface area contributed by atoms with Crippen LogP contribution in [0.4, 0.5) is 4.79 Å². The Balaban J connectivity index is 1.79. The summed E-state index contributed by atoms with van der Waals surface area (Å²) in [5.41, 5.74) is 1.91. The summed E-state index contributed by atoms with van der Waals surface area (Å²) in [4.78, 5) is 12.9. The van der Waals surface area contributed by atoms with Crippen molar-refractivity contribution in [2.75, 3.05) is 0 Å². The molecule has 0 spiro atoms. The van der Waals surface area contributed by atoms with E-state index in [2.05, 4.69) is 6.07 Å². The molecule has 2 fully saturated rings. The zero-order valence-corrected chi connectivity index (χ0v) is 10.6. The van der Waals surface area contributed by atoms with Crippen LogP contribution in [0.15, 0.2) is 24.3 Å². The molecule has 1 unspecified atom stereocenters. The molecule has 0 radical (unpaired) electrons. The van der Waals surface area contributed by atoms with Gasteiger partial charge in [0.25, 0.3) is 0 Å². The van der Waals surface area contributed by atoms with Gasteiger partial charge >= 0.3 is 6.09 Å². The van der Waals surface area contributed by atoms with Crippen molar-refractivity contribution in [2.24, 2.45) is 0 Å². The van der Waals surface area contributed by atoms with Crippen LogP contribution in [-0.2, 0) is 0 Å². The number of carbonyl (C=O) groups is 1. The fourth-order valence-corrected chi connectivity index (χ4v) is 3.59. The molecule has 2 aliphatic heterocycles. The highest BCUT2D eigenvalue weighted by atomic mass is 16.4. The van der Waals surface area contributed by atoms with Gasteiger partial charge in [-0.3, -0.25) is 0 Å². The van der Waals surface area contributed by atoms with E-state index < -0.39 is 6.09 Å². The van der Waals surface area contributed by atoms with E-state index in [0.29, 0.717) is 11.5 Å². The zero-order valence-electron chi connectivity index (χ0n) is 10.6. The molecule has 1 amide bonds. The smallest absolute Gasteiger partial charge is 0.407 e. The topological polar surface area (TPSA) is 64.3 Å². The first-order valence-electron chi connectivity index (χ1n) is 6.70. The van der Waals surface area contributed by atoms with Crippen LogP contribution in [0.5, 0.6) is 0 Å². The van der Waals surface area contributed by atoms with E-state index in [-0.39, 0.29) is 12.1 Å². The van der Waals surface area contributed by atoms with Crippen LogP contribution < -0.4 is 0 Å². The number of hydrogen-bond donors (Lipinski definition) is 1. The van der Waals surface area contributed by atoms with Crippen molar-refractivity contribution in [1.82, 2.24) is 4.90 Å². The molecule has 0 saturated carbocycles. The third kappa shape index (κ3) is 2.06. The summed E-state index contributed by atoms with van der Waals surface area (Å²) in [6.45, 7) is 0. The molecule has 2 heterocycles. The van der Waals surface area contributed by atoms with Gasteiger partial charge in [-0.15, -0.1) is 0 Å². The lowest BCUT2D eigenvalue weighted by molar-refractivity contribution is 0.0965. The highest BCUT2D eigenvalue weighted by Gasteiger charge is 2.43. The van der Waals surface area contributed by atoms with E-state index in [1.807, 2.05) is 24.3 Å². The van der Waals surface area contributed by atoms with Gasteiger partial charge in [-0.1, -0.05) is 12.1 Å². The average Bonchev–Trinajstić information content (AvgIpc) is 2.70. The maximum atomic E-state index is 11.2. The Morgan fingerprint density at radius 1 is 1.21 bits per heavy atom. The van der Waals surface area contributed by atoms with E-state index in [9.17, 15) is 9.90 Å². The number of rotatable bonds is 1. The average molecular weight is 256 g/mol. The standard InChI is InChI=1S/C15H16N2O2/c16-9-10-1-3-11(4-2-10)12-7-13-5-6-14(8-12)17(13)15(18)19/h1-4,12-14H,5-8H2,(H,18,19)/t12?,13-,14+. The van der Waals surface area contributed by atoms with Crippen LogP contribution in [0.25, 0.3) is 0 Å². The lowest BCUT2D eigenvalue weighted by atomic mass is 9.85. The Morgan fingerprint density at radius 3 is 2.26 bits per heavy atom. The Bertz CT molecular complexity index is 518. The fraction of sp³-hybridized carbons (Fsp3) is 0.467. The summed E-state index contributed by atoms with van der Waals surface area (Å²) in [6, 6.07) is 10.2. The van der Waals surface area contributed by atoms with Gasteiger partial charge in [0.15, 0.2) is 0 Å². The molecule has 1 aromatic rings. The zero-order chi connectivity index (χ0) is 13.4.